The second-order valence-corrected chi connectivity index (χ2v) is 5.07. The van der Waals surface area contributed by atoms with E-state index in [0.29, 0.717) is 24.2 Å². The smallest absolute Gasteiger partial charge is 0.305 e. The normalized spacial score (nSPS) is 18.4. The highest BCUT2D eigenvalue weighted by atomic mass is 16.5. The number of hydrogen-bond acceptors (Lipinski definition) is 5. The van der Waals surface area contributed by atoms with Gasteiger partial charge in [-0.25, -0.2) is 4.98 Å². The maximum atomic E-state index is 12.6. The third-order valence-corrected chi connectivity index (χ3v) is 3.57. The van der Waals surface area contributed by atoms with Gasteiger partial charge in [-0.15, -0.1) is 0 Å². The van der Waals surface area contributed by atoms with E-state index >= 15 is 0 Å². The average molecular weight is 301 g/mol. The van der Waals surface area contributed by atoms with Gasteiger partial charge >= 0.3 is 5.97 Å². The molecule has 1 aromatic carbocycles. The van der Waals surface area contributed by atoms with Gasteiger partial charge in [0.1, 0.15) is 5.69 Å². The van der Waals surface area contributed by atoms with Crippen molar-refractivity contribution >= 4 is 22.9 Å². The molecule has 1 N–H and O–H groups in total. The zero-order valence-corrected chi connectivity index (χ0v) is 11.8. The van der Waals surface area contributed by atoms with Gasteiger partial charge in [0, 0.05) is 6.54 Å². The number of morpholine rings is 1. The number of ether oxygens (including phenoxy) is 1. The summed E-state index contributed by atoms with van der Waals surface area (Å²) in [5, 5.41) is 8.96. The molecule has 1 atom stereocenters. The molecule has 0 bridgehead atoms. The molecule has 1 aliphatic rings. The number of nitrogens with zero attached hydrogens (tertiary/aromatic N) is 3. The first-order chi connectivity index (χ1) is 10.6. The molecule has 0 radical (unpaired) electrons. The quantitative estimate of drug-likeness (QED) is 0.907. The molecule has 7 heteroatoms. The molecule has 2 aromatic rings. The monoisotopic (exact) mass is 301 g/mol. The highest BCUT2D eigenvalue weighted by Gasteiger charge is 2.30. The van der Waals surface area contributed by atoms with E-state index in [9.17, 15) is 9.59 Å². The molecular formula is C15H15N3O4. The molecule has 1 aliphatic heterocycles. The van der Waals surface area contributed by atoms with Crippen molar-refractivity contribution in [2.45, 2.75) is 12.5 Å². The molecule has 0 spiro atoms. The van der Waals surface area contributed by atoms with Gasteiger partial charge in [0.25, 0.3) is 5.91 Å². The number of aromatic nitrogens is 2. The van der Waals surface area contributed by atoms with Gasteiger partial charge < -0.3 is 14.7 Å². The molecule has 0 saturated carbocycles. The van der Waals surface area contributed by atoms with E-state index in [4.69, 9.17) is 9.84 Å². The maximum absolute atomic E-state index is 12.6. The van der Waals surface area contributed by atoms with Gasteiger partial charge in [-0.1, -0.05) is 12.1 Å². The van der Waals surface area contributed by atoms with Crippen molar-refractivity contribution < 1.29 is 19.4 Å². The Kier molecular flexibility index (Phi) is 3.97. The van der Waals surface area contributed by atoms with E-state index in [-0.39, 0.29) is 24.6 Å². The van der Waals surface area contributed by atoms with Crippen molar-refractivity contribution in [3.63, 3.8) is 0 Å². The van der Waals surface area contributed by atoms with Crippen LogP contribution in [0.5, 0.6) is 0 Å². The molecule has 114 valence electrons. The van der Waals surface area contributed by atoms with Gasteiger partial charge in [-0.3, -0.25) is 14.6 Å². The fourth-order valence-corrected chi connectivity index (χ4v) is 2.50. The molecular weight excluding hydrogens is 286 g/mol. The lowest BCUT2D eigenvalue weighted by atomic mass is 10.1. The lowest BCUT2D eigenvalue weighted by Gasteiger charge is -2.34. The molecule has 1 fully saturated rings. The zero-order valence-electron chi connectivity index (χ0n) is 11.8. The Balaban J connectivity index is 1.87. The van der Waals surface area contributed by atoms with Crippen molar-refractivity contribution in [3.05, 3.63) is 36.2 Å². The van der Waals surface area contributed by atoms with E-state index in [2.05, 4.69) is 9.97 Å². The first kappa shape index (κ1) is 14.4. The standard InChI is InChI=1S/C15H15N3O4/c19-14(20)7-10-9-22-6-5-18(10)15(21)13-8-16-11-3-1-2-4-12(11)17-13/h1-4,8,10H,5-7,9H2,(H,19,20)/t10-/m1/s1. The number of carboxylic acid groups (broad SMARTS) is 1. The van der Waals surface area contributed by atoms with Crippen LogP contribution in [0.15, 0.2) is 30.5 Å². The molecule has 7 nitrogen and oxygen atoms in total. The van der Waals surface area contributed by atoms with Crippen LogP contribution in [0, 0.1) is 0 Å². The van der Waals surface area contributed by atoms with Gasteiger partial charge in [0.05, 0.1) is 42.9 Å². The summed E-state index contributed by atoms with van der Waals surface area (Å²) in [5.41, 5.74) is 1.57. The summed E-state index contributed by atoms with van der Waals surface area (Å²) < 4.78 is 5.28. The summed E-state index contributed by atoms with van der Waals surface area (Å²) >= 11 is 0. The molecule has 0 unspecified atom stereocenters. The molecule has 2 heterocycles. The first-order valence-electron chi connectivity index (χ1n) is 6.97. The minimum absolute atomic E-state index is 0.146. The zero-order chi connectivity index (χ0) is 15.5. The molecule has 1 saturated heterocycles. The van der Waals surface area contributed by atoms with E-state index in [1.807, 2.05) is 18.2 Å². The Morgan fingerprint density at radius 1 is 1.32 bits per heavy atom. The minimum Gasteiger partial charge on any atom is -0.481 e. The number of aliphatic carboxylic acids is 1. The second-order valence-electron chi connectivity index (χ2n) is 5.07. The Hall–Kier alpha value is -2.54. The SMILES string of the molecule is O=C(O)C[C@@H]1COCCN1C(=O)c1cnc2ccccc2n1. The van der Waals surface area contributed by atoms with Crippen molar-refractivity contribution in [3.8, 4) is 0 Å². The highest BCUT2D eigenvalue weighted by molar-refractivity contribution is 5.94. The first-order valence-corrected chi connectivity index (χ1v) is 6.97. The van der Waals surface area contributed by atoms with Crippen LogP contribution in [0.3, 0.4) is 0 Å². The minimum atomic E-state index is -0.960. The number of fused-ring (bicyclic) bond motifs is 1. The van der Waals surface area contributed by atoms with E-state index < -0.39 is 12.0 Å². The number of carbonyl (C=O) groups is 2. The van der Waals surface area contributed by atoms with Crippen molar-refractivity contribution in [2.75, 3.05) is 19.8 Å². The van der Waals surface area contributed by atoms with Gasteiger partial charge in [0.15, 0.2) is 0 Å². The number of benzene rings is 1. The van der Waals surface area contributed by atoms with Crippen LogP contribution in [0.25, 0.3) is 11.0 Å². The number of amides is 1. The average Bonchev–Trinajstić information content (AvgIpc) is 2.54. The predicted octanol–water partition coefficient (Wildman–Crippen LogP) is 0.945. The number of para-hydroxylation sites is 2. The number of carboxylic acids is 1. The van der Waals surface area contributed by atoms with Gasteiger partial charge in [0.2, 0.25) is 0 Å². The maximum Gasteiger partial charge on any atom is 0.305 e. The fourth-order valence-electron chi connectivity index (χ4n) is 2.50. The Morgan fingerprint density at radius 3 is 2.86 bits per heavy atom. The van der Waals surface area contributed by atoms with Crippen LogP contribution in [0.1, 0.15) is 16.9 Å². The van der Waals surface area contributed by atoms with Crippen LogP contribution in [0.2, 0.25) is 0 Å². The van der Waals surface area contributed by atoms with Crippen molar-refractivity contribution in [2.24, 2.45) is 0 Å². The van der Waals surface area contributed by atoms with Crippen LogP contribution < -0.4 is 0 Å². The largest absolute Gasteiger partial charge is 0.481 e. The third-order valence-electron chi connectivity index (χ3n) is 3.57. The van der Waals surface area contributed by atoms with E-state index in [1.165, 1.54) is 11.1 Å². The number of rotatable bonds is 3. The predicted molar refractivity (Wildman–Crippen MR) is 77.4 cm³/mol. The van der Waals surface area contributed by atoms with Crippen molar-refractivity contribution in [1.82, 2.24) is 14.9 Å². The third kappa shape index (κ3) is 2.89. The molecule has 1 amide bonds. The van der Waals surface area contributed by atoms with Crippen LogP contribution in [-0.4, -0.2) is 57.7 Å². The summed E-state index contributed by atoms with van der Waals surface area (Å²) in [5.74, 6) is -1.27. The highest BCUT2D eigenvalue weighted by Crippen LogP contribution is 2.16. The second kappa shape index (κ2) is 6.07. The fraction of sp³-hybridized carbons (Fsp3) is 0.333. The Morgan fingerprint density at radius 2 is 2.09 bits per heavy atom. The molecule has 1 aromatic heterocycles. The molecule has 22 heavy (non-hydrogen) atoms. The topological polar surface area (TPSA) is 92.6 Å². The number of carbonyl (C=O) groups excluding carboxylic acids is 1. The summed E-state index contributed by atoms with van der Waals surface area (Å²) in [7, 11) is 0. The van der Waals surface area contributed by atoms with Gasteiger partial charge in [-0.2, -0.15) is 0 Å². The Bertz CT molecular complexity index is 719. The molecule has 0 aliphatic carbocycles. The summed E-state index contributed by atoms with van der Waals surface area (Å²) in [6.45, 7) is 0.965. The van der Waals surface area contributed by atoms with Gasteiger partial charge in [-0.05, 0) is 12.1 Å². The van der Waals surface area contributed by atoms with Crippen LogP contribution in [-0.2, 0) is 9.53 Å². The summed E-state index contributed by atoms with van der Waals surface area (Å²) in [6.07, 6.45) is 1.28. The van der Waals surface area contributed by atoms with Crippen LogP contribution >= 0.6 is 0 Å². The van der Waals surface area contributed by atoms with E-state index in [1.54, 1.807) is 6.07 Å². The summed E-state index contributed by atoms with van der Waals surface area (Å²) in [6, 6.07) is 6.80. The lowest BCUT2D eigenvalue weighted by molar-refractivity contribution is -0.139. The number of hydrogen-bond donors (Lipinski definition) is 1. The summed E-state index contributed by atoms with van der Waals surface area (Å²) in [4.78, 5) is 33.6. The lowest BCUT2D eigenvalue weighted by Crippen LogP contribution is -2.49. The molecule has 3 rings (SSSR count). The Labute approximate surface area is 126 Å². The van der Waals surface area contributed by atoms with Crippen molar-refractivity contribution in [1.29, 1.82) is 0 Å². The van der Waals surface area contributed by atoms with E-state index in [0.717, 1.165) is 0 Å². The van der Waals surface area contributed by atoms with Crippen LogP contribution in [0.4, 0.5) is 0 Å².